The molecule has 132 valence electrons. The van der Waals surface area contributed by atoms with Crippen LogP contribution in [-0.2, 0) is 0 Å². The molecule has 0 aliphatic heterocycles. The fourth-order valence-electron chi connectivity index (χ4n) is 2.30. The minimum absolute atomic E-state index is 0.151. The number of pyridine rings is 1. The molecular formula is C18H19N7O. The SMILES string of the molecule is C=C(CNc1cc(-c2ccc(C)nc2)ncn1)c1cnc(N)nc1OC. The molecule has 3 heterocycles. The van der Waals surface area contributed by atoms with Gasteiger partial charge in [-0.05, 0) is 24.6 Å². The van der Waals surface area contributed by atoms with Gasteiger partial charge in [-0.15, -0.1) is 0 Å². The Bertz CT molecular complexity index is 925. The number of rotatable bonds is 6. The first-order valence-electron chi connectivity index (χ1n) is 7.90. The van der Waals surface area contributed by atoms with E-state index in [2.05, 4.69) is 36.8 Å². The van der Waals surface area contributed by atoms with Crippen LogP contribution in [0.4, 0.5) is 11.8 Å². The van der Waals surface area contributed by atoms with Crippen LogP contribution >= 0.6 is 0 Å². The quantitative estimate of drug-likeness (QED) is 0.697. The molecule has 3 aromatic heterocycles. The molecule has 3 aromatic rings. The highest BCUT2D eigenvalue weighted by Crippen LogP contribution is 2.23. The molecule has 0 bridgehead atoms. The maximum Gasteiger partial charge on any atom is 0.225 e. The first-order chi connectivity index (χ1) is 12.6. The molecular weight excluding hydrogens is 330 g/mol. The second kappa shape index (κ2) is 7.56. The number of aromatic nitrogens is 5. The van der Waals surface area contributed by atoms with Crippen LogP contribution in [0.2, 0.25) is 0 Å². The lowest BCUT2D eigenvalue weighted by Gasteiger charge is -2.12. The lowest BCUT2D eigenvalue weighted by molar-refractivity contribution is 0.396. The highest BCUT2D eigenvalue weighted by atomic mass is 16.5. The van der Waals surface area contributed by atoms with Gasteiger partial charge in [0.15, 0.2) is 0 Å². The number of nitrogens with two attached hydrogens (primary N) is 1. The van der Waals surface area contributed by atoms with Crippen LogP contribution in [0.5, 0.6) is 5.88 Å². The molecule has 3 rings (SSSR count). The van der Waals surface area contributed by atoms with Crippen LogP contribution in [0.1, 0.15) is 11.3 Å². The van der Waals surface area contributed by atoms with Gasteiger partial charge in [0, 0.05) is 36.3 Å². The number of hydrogen-bond acceptors (Lipinski definition) is 8. The molecule has 0 aliphatic carbocycles. The fraction of sp³-hybridized carbons (Fsp3) is 0.167. The molecule has 0 aromatic carbocycles. The molecule has 0 fully saturated rings. The molecule has 8 heteroatoms. The lowest BCUT2D eigenvalue weighted by atomic mass is 10.1. The van der Waals surface area contributed by atoms with E-state index in [1.54, 1.807) is 12.4 Å². The Morgan fingerprint density at radius 2 is 2.04 bits per heavy atom. The van der Waals surface area contributed by atoms with E-state index in [1.807, 2.05) is 25.1 Å². The second-order valence-electron chi connectivity index (χ2n) is 5.59. The summed E-state index contributed by atoms with van der Waals surface area (Å²) >= 11 is 0. The fourth-order valence-corrected chi connectivity index (χ4v) is 2.30. The van der Waals surface area contributed by atoms with E-state index in [1.165, 1.54) is 13.4 Å². The number of anilines is 2. The van der Waals surface area contributed by atoms with Crippen molar-refractivity contribution >= 4 is 17.3 Å². The third kappa shape index (κ3) is 3.92. The normalized spacial score (nSPS) is 10.4. The smallest absolute Gasteiger partial charge is 0.225 e. The molecule has 3 N–H and O–H groups in total. The van der Waals surface area contributed by atoms with E-state index in [0.717, 1.165) is 22.5 Å². The van der Waals surface area contributed by atoms with Crippen molar-refractivity contribution in [3.05, 3.63) is 54.8 Å². The zero-order chi connectivity index (χ0) is 18.5. The zero-order valence-electron chi connectivity index (χ0n) is 14.6. The van der Waals surface area contributed by atoms with E-state index in [-0.39, 0.29) is 5.95 Å². The van der Waals surface area contributed by atoms with Crippen LogP contribution in [0.3, 0.4) is 0 Å². The highest BCUT2D eigenvalue weighted by Gasteiger charge is 2.10. The van der Waals surface area contributed by atoms with Gasteiger partial charge in [-0.1, -0.05) is 6.58 Å². The van der Waals surface area contributed by atoms with Crippen LogP contribution in [0, 0.1) is 6.92 Å². The number of methoxy groups -OCH3 is 1. The average Bonchev–Trinajstić information content (AvgIpc) is 2.66. The molecule has 0 spiro atoms. The zero-order valence-corrected chi connectivity index (χ0v) is 14.6. The maximum atomic E-state index is 5.58. The third-order valence-corrected chi connectivity index (χ3v) is 3.70. The number of aryl methyl sites for hydroxylation is 1. The van der Waals surface area contributed by atoms with Gasteiger partial charge in [0.25, 0.3) is 0 Å². The largest absolute Gasteiger partial charge is 0.480 e. The maximum absolute atomic E-state index is 5.58. The Labute approximate surface area is 151 Å². The Hall–Kier alpha value is -3.55. The summed E-state index contributed by atoms with van der Waals surface area (Å²) in [6.45, 7) is 6.43. The van der Waals surface area contributed by atoms with Crippen molar-refractivity contribution in [2.75, 3.05) is 24.7 Å². The van der Waals surface area contributed by atoms with Gasteiger partial charge in [-0.2, -0.15) is 4.98 Å². The molecule has 0 amide bonds. The Kier molecular flexibility index (Phi) is 5.02. The molecule has 0 saturated heterocycles. The summed E-state index contributed by atoms with van der Waals surface area (Å²) in [7, 11) is 1.53. The van der Waals surface area contributed by atoms with Crippen LogP contribution in [-0.4, -0.2) is 38.6 Å². The van der Waals surface area contributed by atoms with Gasteiger partial charge < -0.3 is 15.8 Å². The van der Waals surface area contributed by atoms with Crippen molar-refractivity contribution < 1.29 is 4.74 Å². The topological polar surface area (TPSA) is 112 Å². The highest BCUT2D eigenvalue weighted by molar-refractivity contribution is 5.71. The van der Waals surface area contributed by atoms with Crippen molar-refractivity contribution in [2.45, 2.75) is 6.92 Å². The predicted molar refractivity (Wildman–Crippen MR) is 101 cm³/mol. The van der Waals surface area contributed by atoms with E-state index in [9.17, 15) is 0 Å². The summed E-state index contributed by atoms with van der Waals surface area (Å²) < 4.78 is 5.23. The first-order valence-corrected chi connectivity index (χ1v) is 7.90. The molecule has 26 heavy (non-hydrogen) atoms. The number of nitrogens with zero attached hydrogens (tertiary/aromatic N) is 5. The van der Waals surface area contributed by atoms with Gasteiger partial charge in [-0.3, -0.25) is 4.98 Å². The van der Waals surface area contributed by atoms with Gasteiger partial charge in [-0.25, -0.2) is 15.0 Å². The van der Waals surface area contributed by atoms with Gasteiger partial charge in [0.2, 0.25) is 11.8 Å². The van der Waals surface area contributed by atoms with E-state index >= 15 is 0 Å². The van der Waals surface area contributed by atoms with Crippen molar-refractivity contribution in [3.8, 4) is 17.1 Å². The van der Waals surface area contributed by atoms with E-state index in [0.29, 0.717) is 23.8 Å². The summed E-state index contributed by atoms with van der Waals surface area (Å²) in [5.74, 6) is 1.21. The molecule has 0 saturated carbocycles. The summed E-state index contributed by atoms with van der Waals surface area (Å²) in [6.07, 6.45) is 4.89. The Balaban J connectivity index is 1.73. The van der Waals surface area contributed by atoms with Crippen LogP contribution in [0.15, 0.2) is 43.5 Å². The van der Waals surface area contributed by atoms with Crippen LogP contribution in [0.25, 0.3) is 16.8 Å². The predicted octanol–water partition coefficient (Wildman–Crippen LogP) is 2.35. The number of nitrogen functional groups attached to an aromatic ring is 1. The molecule has 8 nitrogen and oxygen atoms in total. The van der Waals surface area contributed by atoms with Gasteiger partial charge in [0.05, 0.1) is 18.4 Å². The minimum atomic E-state index is 0.151. The van der Waals surface area contributed by atoms with Crippen molar-refractivity contribution in [1.29, 1.82) is 0 Å². The molecule has 0 aliphatic rings. The first kappa shape index (κ1) is 17.3. The molecule has 0 atom stereocenters. The van der Waals surface area contributed by atoms with Crippen molar-refractivity contribution in [1.82, 2.24) is 24.9 Å². The minimum Gasteiger partial charge on any atom is -0.480 e. The molecule has 0 unspecified atom stereocenters. The van der Waals surface area contributed by atoms with Crippen LogP contribution < -0.4 is 15.8 Å². The standard InChI is InChI=1S/C18H19N7O/c1-11(14-9-22-18(19)25-17(14)26-3)7-21-16-6-15(23-10-24-16)13-5-4-12(2)20-8-13/h4-6,8-10H,1,7H2,2-3H3,(H2,19,22,25)(H,21,23,24). The van der Waals surface area contributed by atoms with Crippen molar-refractivity contribution in [3.63, 3.8) is 0 Å². The Morgan fingerprint density at radius 1 is 1.19 bits per heavy atom. The van der Waals surface area contributed by atoms with Gasteiger partial charge >= 0.3 is 0 Å². The van der Waals surface area contributed by atoms with Gasteiger partial charge in [0.1, 0.15) is 12.1 Å². The number of ether oxygens (including phenoxy) is 1. The number of nitrogens with one attached hydrogen (secondary N) is 1. The molecule has 0 radical (unpaired) electrons. The Morgan fingerprint density at radius 3 is 2.77 bits per heavy atom. The lowest BCUT2D eigenvalue weighted by Crippen LogP contribution is -2.08. The van der Waals surface area contributed by atoms with E-state index in [4.69, 9.17) is 10.5 Å². The average molecular weight is 349 g/mol. The summed E-state index contributed by atoms with van der Waals surface area (Å²) in [4.78, 5) is 20.9. The second-order valence-corrected chi connectivity index (χ2v) is 5.59. The monoisotopic (exact) mass is 349 g/mol. The number of hydrogen-bond donors (Lipinski definition) is 2. The van der Waals surface area contributed by atoms with E-state index < -0.39 is 0 Å². The summed E-state index contributed by atoms with van der Waals surface area (Å²) in [5.41, 5.74) is 9.68. The summed E-state index contributed by atoms with van der Waals surface area (Å²) in [5, 5.41) is 3.22. The van der Waals surface area contributed by atoms with Crippen molar-refractivity contribution in [2.24, 2.45) is 0 Å². The third-order valence-electron chi connectivity index (χ3n) is 3.70. The summed E-state index contributed by atoms with van der Waals surface area (Å²) in [6, 6.07) is 5.78.